The molecule has 1 aliphatic rings. The SMILES string of the molecule is CC1(C)CCN(c2ccc(S(C)(=O)=O)cc2N)CCS1. The molecule has 4 nitrogen and oxygen atoms in total. The van der Waals surface area contributed by atoms with Gasteiger partial charge in [-0.2, -0.15) is 11.8 Å². The fraction of sp³-hybridized carbons (Fsp3) is 0.571. The van der Waals surface area contributed by atoms with Crippen LogP contribution in [0.15, 0.2) is 23.1 Å². The first-order valence-electron chi connectivity index (χ1n) is 6.67. The summed E-state index contributed by atoms with van der Waals surface area (Å²) in [5.41, 5.74) is 7.53. The Morgan fingerprint density at radius 1 is 1.30 bits per heavy atom. The van der Waals surface area contributed by atoms with Gasteiger partial charge in [0.2, 0.25) is 0 Å². The van der Waals surface area contributed by atoms with Gasteiger partial charge in [-0.05, 0) is 24.6 Å². The monoisotopic (exact) mass is 314 g/mol. The third-order valence-electron chi connectivity index (χ3n) is 3.61. The number of hydrogen-bond acceptors (Lipinski definition) is 5. The summed E-state index contributed by atoms with van der Waals surface area (Å²) in [6.45, 7) is 6.41. The highest BCUT2D eigenvalue weighted by Gasteiger charge is 2.24. The van der Waals surface area contributed by atoms with E-state index in [4.69, 9.17) is 5.73 Å². The molecule has 1 aromatic carbocycles. The standard InChI is InChI=1S/C14H22N2O2S2/c1-14(2)6-7-16(8-9-19-14)13-5-4-11(10-12(13)15)20(3,17)18/h4-5,10H,6-9,15H2,1-3H3. The van der Waals surface area contributed by atoms with Crippen molar-refractivity contribution in [2.75, 3.05) is 35.7 Å². The number of anilines is 2. The molecule has 6 heteroatoms. The number of nitrogen functional groups attached to an aromatic ring is 1. The van der Waals surface area contributed by atoms with Crippen LogP contribution in [-0.2, 0) is 9.84 Å². The van der Waals surface area contributed by atoms with Crippen LogP contribution in [0.2, 0.25) is 0 Å². The van der Waals surface area contributed by atoms with Gasteiger partial charge in [0.05, 0.1) is 16.3 Å². The number of benzene rings is 1. The Hall–Kier alpha value is -0.880. The summed E-state index contributed by atoms with van der Waals surface area (Å²) in [7, 11) is -3.20. The molecule has 0 aromatic heterocycles. The van der Waals surface area contributed by atoms with E-state index in [9.17, 15) is 8.42 Å². The predicted octanol–water partition coefficient (Wildman–Crippen LogP) is 2.39. The fourth-order valence-electron chi connectivity index (χ4n) is 2.31. The predicted molar refractivity (Wildman–Crippen MR) is 87.3 cm³/mol. The zero-order valence-corrected chi connectivity index (χ0v) is 13.9. The summed E-state index contributed by atoms with van der Waals surface area (Å²) in [5, 5.41) is 0. The molecule has 1 aliphatic heterocycles. The molecule has 1 fully saturated rings. The molecule has 0 saturated carbocycles. The van der Waals surface area contributed by atoms with Crippen molar-refractivity contribution in [3.63, 3.8) is 0 Å². The Kier molecular flexibility index (Phi) is 4.25. The minimum Gasteiger partial charge on any atom is -0.397 e. The third kappa shape index (κ3) is 3.61. The van der Waals surface area contributed by atoms with Gasteiger partial charge in [-0.15, -0.1) is 0 Å². The van der Waals surface area contributed by atoms with E-state index in [1.165, 1.54) is 6.26 Å². The van der Waals surface area contributed by atoms with Gasteiger partial charge >= 0.3 is 0 Å². The number of nitrogens with zero attached hydrogens (tertiary/aromatic N) is 1. The second-order valence-corrected chi connectivity index (χ2v) is 9.66. The Labute approximate surface area is 125 Å². The van der Waals surface area contributed by atoms with Crippen molar-refractivity contribution >= 4 is 33.0 Å². The summed E-state index contributed by atoms with van der Waals surface area (Å²) in [6.07, 6.45) is 2.29. The van der Waals surface area contributed by atoms with E-state index in [1.54, 1.807) is 12.1 Å². The van der Waals surface area contributed by atoms with Crippen LogP contribution in [0.3, 0.4) is 0 Å². The number of hydrogen-bond donors (Lipinski definition) is 1. The van der Waals surface area contributed by atoms with Gasteiger partial charge in [0.1, 0.15) is 0 Å². The van der Waals surface area contributed by atoms with Crippen molar-refractivity contribution in [3.8, 4) is 0 Å². The highest BCUT2D eigenvalue weighted by atomic mass is 32.2. The molecule has 1 heterocycles. The lowest BCUT2D eigenvalue weighted by Crippen LogP contribution is -2.27. The highest BCUT2D eigenvalue weighted by molar-refractivity contribution is 8.00. The van der Waals surface area contributed by atoms with Crippen LogP contribution in [0.25, 0.3) is 0 Å². The topological polar surface area (TPSA) is 63.4 Å². The van der Waals surface area contributed by atoms with Gasteiger partial charge in [-0.25, -0.2) is 8.42 Å². The maximum absolute atomic E-state index is 11.5. The Balaban J connectivity index is 2.25. The maximum atomic E-state index is 11.5. The van der Waals surface area contributed by atoms with Crippen LogP contribution in [0, 0.1) is 0 Å². The van der Waals surface area contributed by atoms with Crippen LogP contribution >= 0.6 is 11.8 Å². The van der Waals surface area contributed by atoms with Crippen LogP contribution in [0.1, 0.15) is 20.3 Å². The van der Waals surface area contributed by atoms with Gasteiger partial charge in [0, 0.05) is 29.8 Å². The number of sulfone groups is 1. The van der Waals surface area contributed by atoms with Crippen LogP contribution in [0.4, 0.5) is 11.4 Å². The first kappa shape index (κ1) is 15.5. The molecule has 0 atom stereocenters. The zero-order chi connectivity index (χ0) is 15.0. The summed E-state index contributed by atoms with van der Waals surface area (Å²) in [4.78, 5) is 2.53. The van der Waals surface area contributed by atoms with Crippen LogP contribution < -0.4 is 10.6 Å². The summed E-state index contributed by atoms with van der Waals surface area (Å²) in [5.74, 6) is 1.06. The average molecular weight is 314 g/mol. The van der Waals surface area contributed by atoms with E-state index >= 15 is 0 Å². The molecule has 0 unspecified atom stereocenters. The van der Waals surface area contributed by atoms with Gasteiger partial charge < -0.3 is 10.6 Å². The number of rotatable bonds is 2. The highest BCUT2D eigenvalue weighted by Crippen LogP contribution is 2.34. The van der Waals surface area contributed by atoms with Crippen molar-refractivity contribution in [1.82, 2.24) is 0 Å². The molecule has 0 aliphatic carbocycles. The van der Waals surface area contributed by atoms with E-state index in [0.717, 1.165) is 31.0 Å². The van der Waals surface area contributed by atoms with Crippen LogP contribution in [0.5, 0.6) is 0 Å². The molecule has 20 heavy (non-hydrogen) atoms. The van der Waals surface area contributed by atoms with Gasteiger partial charge in [-0.1, -0.05) is 13.8 Å². The molecule has 0 radical (unpaired) electrons. The molecular formula is C14H22N2O2S2. The quantitative estimate of drug-likeness (QED) is 0.849. The van der Waals surface area contributed by atoms with Crippen molar-refractivity contribution in [1.29, 1.82) is 0 Å². The van der Waals surface area contributed by atoms with Gasteiger partial charge in [-0.3, -0.25) is 0 Å². The molecule has 112 valence electrons. The molecule has 2 N–H and O–H groups in total. The average Bonchev–Trinajstić information content (AvgIpc) is 2.49. The van der Waals surface area contributed by atoms with E-state index < -0.39 is 9.84 Å². The van der Waals surface area contributed by atoms with Gasteiger partial charge in [0.15, 0.2) is 9.84 Å². The zero-order valence-electron chi connectivity index (χ0n) is 12.2. The molecule has 2 rings (SSSR count). The lowest BCUT2D eigenvalue weighted by atomic mass is 10.1. The fourth-order valence-corrected chi connectivity index (χ4v) is 4.07. The summed E-state index contributed by atoms with van der Waals surface area (Å²) in [6, 6.07) is 5.03. The van der Waals surface area contributed by atoms with E-state index in [2.05, 4.69) is 18.7 Å². The Bertz CT molecular complexity index is 597. The van der Waals surface area contributed by atoms with Crippen LogP contribution in [-0.4, -0.2) is 38.3 Å². The van der Waals surface area contributed by atoms with Crippen molar-refractivity contribution in [3.05, 3.63) is 18.2 Å². The normalized spacial score (nSPS) is 19.6. The molecule has 0 bridgehead atoms. The smallest absolute Gasteiger partial charge is 0.175 e. The number of nitrogens with two attached hydrogens (primary N) is 1. The molecule has 0 amide bonds. The van der Waals surface area contributed by atoms with Gasteiger partial charge in [0.25, 0.3) is 0 Å². The Morgan fingerprint density at radius 3 is 2.60 bits per heavy atom. The van der Waals surface area contributed by atoms with Crippen molar-refractivity contribution in [2.45, 2.75) is 29.9 Å². The minimum atomic E-state index is -3.20. The van der Waals surface area contributed by atoms with Crippen molar-refractivity contribution < 1.29 is 8.42 Å². The molecule has 1 aromatic rings. The minimum absolute atomic E-state index is 0.281. The van der Waals surface area contributed by atoms with E-state index in [1.807, 2.05) is 17.8 Å². The number of thioether (sulfide) groups is 1. The molecule has 0 spiro atoms. The maximum Gasteiger partial charge on any atom is 0.175 e. The van der Waals surface area contributed by atoms with E-state index in [0.29, 0.717) is 5.69 Å². The summed E-state index contributed by atoms with van der Waals surface area (Å²) >= 11 is 1.97. The lowest BCUT2D eigenvalue weighted by molar-refractivity contribution is 0.602. The third-order valence-corrected chi connectivity index (χ3v) is 6.09. The summed E-state index contributed by atoms with van der Waals surface area (Å²) < 4.78 is 23.4. The largest absolute Gasteiger partial charge is 0.397 e. The second-order valence-electron chi connectivity index (χ2n) is 5.84. The molecular weight excluding hydrogens is 292 g/mol. The van der Waals surface area contributed by atoms with Crippen molar-refractivity contribution in [2.24, 2.45) is 0 Å². The van der Waals surface area contributed by atoms with E-state index in [-0.39, 0.29) is 9.64 Å². The first-order chi connectivity index (χ1) is 9.19. The lowest BCUT2D eigenvalue weighted by Gasteiger charge is -2.25. The first-order valence-corrected chi connectivity index (χ1v) is 9.55. The Morgan fingerprint density at radius 2 is 2.00 bits per heavy atom. The molecule has 1 saturated heterocycles. The second kappa shape index (κ2) is 5.48.